The van der Waals surface area contributed by atoms with Crippen LogP contribution in [-0.2, 0) is 4.79 Å². The number of hydrogen-bond donors (Lipinski definition) is 1. The summed E-state index contributed by atoms with van der Waals surface area (Å²) >= 11 is 2.28. The molecule has 0 spiro atoms. The van der Waals surface area contributed by atoms with E-state index in [1.807, 2.05) is 18.2 Å². The number of halogens is 1. The molecule has 0 radical (unpaired) electrons. The first-order valence-corrected chi connectivity index (χ1v) is 6.23. The van der Waals surface area contributed by atoms with Gasteiger partial charge in [0.05, 0.1) is 0 Å². The highest BCUT2D eigenvalue weighted by molar-refractivity contribution is 14.1. The van der Waals surface area contributed by atoms with Crippen molar-refractivity contribution in [1.82, 2.24) is 0 Å². The number of nitrogens with one attached hydrogen (secondary N) is 1. The lowest BCUT2D eigenvalue weighted by molar-refractivity contribution is -0.117. The maximum Gasteiger partial charge on any atom is 0.227 e. The predicted molar refractivity (Wildman–Crippen MR) is 69.8 cm³/mol. The maximum absolute atomic E-state index is 11.7. The maximum atomic E-state index is 11.7. The quantitative estimate of drug-likeness (QED) is 0.835. The second-order valence-electron chi connectivity index (χ2n) is 4.27. The smallest absolute Gasteiger partial charge is 0.227 e. The number of hydrogen-bond acceptors (Lipinski definition) is 1. The van der Waals surface area contributed by atoms with Gasteiger partial charge in [-0.25, -0.2) is 0 Å². The van der Waals surface area contributed by atoms with Crippen LogP contribution in [0.2, 0.25) is 0 Å². The molecule has 1 aliphatic rings. The molecule has 1 aromatic rings. The lowest BCUT2D eigenvalue weighted by Gasteiger charge is -2.06. The van der Waals surface area contributed by atoms with Gasteiger partial charge in [0.25, 0.3) is 0 Å². The first kappa shape index (κ1) is 10.9. The van der Waals surface area contributed by atoms with Crippen molar-refractivity contribution in [3.63, 3.8) is 0 Å². The fourth-order valence-corrected chi connectivity index (χ4v) is 2.11. The van der Waals surface area contributed by atoms with Gasteiger partial charge in [0.15, 0.2) is 0 Å². The standard InChI is InChI=1S/C12H14INO/c1-7-3-4-9(6-11(7)13)14-12(15)10-5-8(10)2/h3-4,6,8,10H,5H2,1-2H3,(H,14,15). The van der Waals surface area contributed by atoms with Gasteiger partial charge in [0, 0.05) is 15.2 Å². The number of carbonyl (C=O) groups is 1. The van der Waals surface area contributed by atoms with E-state index < -0.39 is 0 Å². The number of benzene rings is 1. The summed E-state index contributed by atoms with van der Waals surface area (Å²) in [5.74, 6) is 0.973. The molecule has 3 heteroatoms. The first-order valence-electron chi connectivity index (χ1n) is 5.15. The summed E-state index contributed by atoms with van der Waals surface area (Å²) in [6.45, 7) is 4.18. The second-order valence-corrected chi connectivity index (χ2v) is 5.43. The lowest BCUT2D eigenvalue weighted by Crippen LogP contribution is -2.14. The largest absolute Gasteiger partial charge is 0.326 e. The van der Waals surface area contributed by atoms with E-state index in [0.29, 0.717) is 5.92 Å². The molecule has 1 fully saturated rings. The Morgan fingerprint density at radius 1 is 1.53 bits per heavy atom. The van der Waals surface area contributed by atoms with E-state index in [9.17, 15) is 4.79 Å². The third kappa shape index (κ3) is 2.51. The Morgan fingerprint density at radius 2 is 2.20 bits per heavy atom. The summed E-state index contributed by atoms with van der Waals surface area (Å²) in [5.41, 5.74) is 2.16. The molecule has 15 heavy (non-hydrogen) atoms. The molecule has 1 aliphatic carbocycles. The van der Waals surface area contributed by atoms with Crippen LogP contribution in [0.15, 0.2) is 18.2 Å². The first-order chi connectivity index (χ1) is 7.08. The van der Waals surface area contributed by atoms with Crippen LogP contribution in [0.1, 0.15) is 18.9 Å². The SMILES string of the molecule is Cc1ccc(NC(=O)C2CC2C)cc1I. The van der Waals surface area contributed by atoms with E-state index in [0.717, 1.165) is 12.1 Å². The highest BCUT2D eigenvalue weighted by atomic mass is 127. The zero-order valence-corrected chi connectivity index (χ0v) is 11.0. The number of aryl methyl sites for hydroxylation is 1. The Labute approximate surface area is 104 Å². The van der Waals surface area contributed by atoms with E-state index in [1.54, 1.807) is 0 Å². The van der Waals surface area contributed by atoms with E-state index in [1.165, 1.54) is 9.13 Å². The second kappa shape index (κ2) is 4.12. The minimum absolute atomic E-state index is 0.169. The van der Waals surface area contributed by atoms with Crippen molar-refractivity contribution in [2.24, 2.45) is 11.8 Å². The van der Waals surface area contributed by atoms with Crippen LogP contribution in [0.25, 0.3) is 0 Å². The highest BCUT2D eigenvalue weighted by Crippen LogP contribution is 2.38. The van der Waals surface area contributed by atoms with Crippen LogP contribution in [0.5, 0.6) is 0 Å². The Kier molecular flexibility index (Phi) is 3.00. The van der Waals surface area contributed by atoms with E-state index >= 15 is 0 Å². The Morgan fingerprint density at radius 3 is 2.73 bits per heavy atom. The summed E-state index contributed by atoms with van der Waals surface area (Å²) in [6, 6.07) is 6.01. The summed E-state index contributed by atoms with van der Waals surface area (Å²) in [6.07, 6.45) is 1.04. The van der Waals surface area contributed by atoms with Crippen molar-refractivity contribution in [1.29, 1.82) is 0 Å². The van der Waals surface area contributed by atoms with Gasteiger partial charge in [-0.2, -0.15) is 0 Å². The Bertz CT molecular complexity index is 403. The average molecular weight is 315 g/mol. The molecular formula is C12H14INO. The molecule has 0 bridgehead atoms. The zero-order valence-electron chi connectivity index (χ0n) is 8.88. The molecule has 0 heterocycles. The van der Waals surface area contributed by atoms with Crippen molar-refractivity contribution in [2.45, 2.75) is 20.3 Å². The minimum Gasteiger partial charge on any atom is -0.326 e. The number of rotatable bonds is 2. The van der Waals surface area contributed by atoms with E-state index in [-0.39, 0.29) is 11.8 Å². The number of anilines is 1. The Balaban J connectivity index is 2.04. The number of carbonyl (C=O) groups excluding carboxylic acids is 1. The molecule has 1 saturated carbocycles. The zero-order chi connectivity index (χ0) is 11.0. The molecule has 1 N–H and O–H groups in total. The van der Waals surface area contributed by atoms with Crippen LogP contribution in [-0.4, -0.2) is 5.91 Å². The third-order valence-corrected chi connectivity index (χ3v) is 4.05. The molecule has 2 nitrogen and oxygen atoms in total. The summed E-state index contributed by atoms with van der Waals surface area (Å²) in [4.78, 5) is 11.7. The molecule has 0 aliphatic heterocycles. The summed E-state index contributed by atoms with van der Waals surface area (Å²) in [5, 5.41) is 2.96. The van der Waals surface area contributed by atoms with Crippen LogP contribution in [0.3, 0.4) is 0 Å². The average Bonchev–Trinajstić information content (AvgIpc) is 2.89. The van der Waals surface area contributed by atoms with Crippen molar-refractivity contribution in [3.8, 4) is 0 Å². The molecule has 0 aromatic heterocycles. The summed E-state index contributed by atoms with van der Waals surface area (Å²) in [7, 11) is 0. The fraction of sp³-hybridized carbons (Fsp3) is 0.417. The fourth-order valence-electron chi connectivity index (χ4n) is 1.59. The molecule has 0 saturated heterocycles. The lowest BCUT2D eigenvalue weighted by atomic mass is 10.2. The predicted octanol–water partition coefficient (Wildman–Crippen LogP) is 3.19. The highest BCUT2D eigenvalue weighted by Gasteiger charge is 2.38. The van der Waals surface area contributed by atoms with Gasteiger partial charge in [-0.05, 0) is 59.5 Å². The normalized spacial score (nSPS) is 23.7. The molecule has 1 amide bonds. The third-order valence-electron chi connectivity index (χ3n) is 2.89. The topological polar surface area (TPSA) is 29.1 Å². The molecule has 2 unspecified atom stereocenters. The van der Waals surface area contributed by atoms with Gasteiger partial charge < -0.3 is 5.32 Å². The van der Waals surface area contributed by atoms with Crippen molar-refractivity contribution in [2.75, 3.05) is 5.32 Å². The van der Waals surface area contributed by atoms with Gasteiger partial charge in [-0.3, -0.25) is 4.79 Å². The van der Waals surface area contributed by atoms with Crippen molar-refractivity contribution in [3.05, 3.63) is 27.3 Å². The molecule has 1 aromatic carbocycles. The van der Waals surface area contributed by atoms with E-state index in [4.69, 9.17) is 0 Å². The van der Waals surface area contributed by atoms with E-state index in [2.05, 4.69) is 41.8 Å². The van der Waals surface area contributed by atoms with Gasteiger partial charge in [-0.1, -0.05) is 13.0 Å². The van der Waals surface area contributed by atoms with Crippen molar-refractivity contribution >= 4 is 34.2 Å². The van der Waals surface area contributed by atoms with Gasteiger partial charge >= 0.3 is 0 Å². The molecule has 2 rings (SSSR count). The van der Waals surface area contributed by atoms with Crippen LogP contribution < -0.4 is 5.32 Å². The van der Waals surface area contributed by atoms with Crippen molar-refractivity contribution < 1.29 is 4.79 Å². The molecule has 80 valence electrons. The monoisotopic (exact) mass is 315 g/mol. The minimum atomic E-state index is 0.169. The van der Waals surface area contributed by atoms with Crippen LogP contribution >= 0.6 is 22.6 Å². The summed E-state index contributed by atoms with van der Waals surface area (Å²) < 4.78 is 1.19. The Hall–Kier alpha value is -0.580. The molecule has 2 atom stereocenters. The van der Waals surface area contributed by atoms with Gasteiger partial charge in [0.2, 0.25) is 5.91 Å². The van der Waals surface area contributed by atoms with Gasteiger partial charge in [0.1, 0.15) is 0 Å². The molecular weight excluding hydrogens is 301 g/mol. The van der Waals surface area contributed by atoms with Crippen LogP contribution in [0.4, 0.5) is 5.69 Å². The van der Waals surface area contributed by atoms with Gasteiger partial charge in [-0.15, -0.1) is 0 Å². The number of amides is 1. The van der Waals surface area contributed by atoms with Crippen LogP contribution in [0, 0.1) is 22.3 Å².